The van der Waals surface area contributed by atoms with Gasteiger partial charge in [-0.3, -0.25) is 4.79 Å². The van der Waals surface area contributed by atoms with Crippen LogP contribution in [0.1, 0.15) is 33.2 Å². The quantitative estimate of drug-likeness (QED) is 0.241. The Kier molecular flexibility index (Phi) is 6.23. The predicted octanol–water partition coefficient (Wildman–Crippen LogP) is 5.59. The summed E-state index contributed by atoms with van der Waals surface area (Å²) in [4.78, 5) is 14.5. The molecule has 8 heteroatoms. The van der Waals surface area contributed by atoms with Crippen LogP contribution in [0.4, 0.5) is 0 Å². The number of para-hydroxylation sites is 1. The molecule has 2 heterocycles. The Morgan fingerprint density at radius 1 is 0.814 bits per heavy atom. The maximum atomic E-state index is 14.5. The molecular formula is C35H30O8. The smallest absolute Gasteiger partial charge is 0.204 e. The van der Waals surface area contributed by atoms with E-state index in [1.54, 1.807) is 55.6 Å². The van der Waals surface area contributed by atoms with Gasteiger partial charge in [0.1, 0.15) is 34.7 Å². The molecule has 0 bridgehead atoms. The van der Waals surface area contributed by atoms with Crippen molar-refractivity contribution in [3.63, 3.8) is 0 Å². The fraction of sp³-hybridized carbons (Fsp3) is 0.229. The topological polar surface area (TPSA) is 108 Å². The highest BCUT2D eigenvalue weighted by molar-refractivity contribution is 6.00. The van der Waals surface area contributed by atoms with E-state index in [0.717, 1.165) is 5.39 Å². The number of hydrogen-bond donors (Lipinski definition) is 2. The third-order valence-corrected chi connectivity index (χ3v) is 8.93. The molecule has 1 fully saturated rings. The van der Waals surface area contributed by atoms with Gasteiger partial charge in [0.05, 0.1) is 32.8 Å². The van der Waals surface area contributed by atoms with Crippen molar-refractivity contribution >= 4 is 16.8 Å². The number of Topliss-reactive ketones (excluding diaryl/α,β-unsaturated/α-hetero) is 1. The van der Waals surface area contributed by atoms with Crippen LogP contribution in [0.15, 0.2) is 101 Å². The first-order valence-electron chi connectivity index (χ1n) is 14.0. The molecule has 5 aromatic rings. The number of methoxy groups -OCH3 is 3. The van der Waals surface area contributed by atoms with E-state index in [1.807, 2.05) is 48.5 Å². The van der Waals surface area contributed by atoms with Gasteiger partial charge < -0.3 is 33.6 Å². The normalized spacial score (nSPS) is 25.6. The van der Waals surface area contributed by atoms with Gasteiger partial charge in [-0.05, 0) is 35.4 Å². The Morgan fingerprint density at radius 2 is 1.51 bits per heavy atom. The summed E-state index contributed by atoms with van der Waals surface area (Å²) in [5.41, 5.74) is -1.79. The summed E-state index contributed by atoms with van der Waals surface area (Å²) in [7, 11) is 4.56. The number of furan rings is 1. The number of aliphatic hydroxyl groups is 2. The average Bonchev–Trinajstić information content (AvgIpc) is 3.66. The van der Waals surface area contributed by atoms with Gasteiger partial charge in [-0.25, -0.2) is 0 Å². The molecule has 43 heavy (non-hydrogen) atoms. The van der Waals surface area contributed by atoms with Gasteiger partial charge in [0.15, 0.2) is 17.0 Å². The van der Waals surface area contributed by atoms with Crippen molar-refractivity contribution in [3.8, 4) is 23.0 Å². The molecule has 1 aliphatic carbocycles. The molecule has 0 unspecified atom stereocenters. The van der Waals surface area contributed by atoms with E-state index in [2.05, 4.69) is 0 Å². The maximum absolute atomic E-state index is 14.5. The monoisotopic (exact) mass is 578 g/mol. The molecule has 0 saturated heterocycles. The largest absolute Gasteiger partial charge is 0.497 e. The number of ether oxygens (including phenoxy) is 4. The first kappa shape index (κ1) is 27.1. The van der Waals surface area contributed by atoms with Crippen LogP contribution in [0.3, 0.4) is 0 Å². The number of hydrogen-bond acceptors (Lipinski definition) is 8. The van der Waals surface area contributed by atoms with Crippen molar-refractivity contribution in [2.24, 2.45) is 5.92 Å². The van der Waals surface area contributed by atoms with E-state index < -0.39 is 34.9 Å². The number of carbonyl (C=O) groups excluding carboxylic acids is 1. The Labute approximate surface area is 248 Å². The highest BCUT2D eigenvalue weighted by Crippen LogP contribution is 2.70. The van der Waals surface area contributed by atoms with Gasteiger partial charge in [-0.15, -0.1) is 0 Å². The van der Waals surface area contributed by atoms with E-state index in [0.29, 0.717) is 28.2 Å². The van der Waals surface area contributed by atoms with Gasteiger partial charge in [0.2, 0.25) is 5.78 Å². The number of rotatable bonds is 7. The van der Waals surface area contributed by atoms with Gasteiger partial charge in [-0.2, -0.15) is 0 Å². The first-order valence-corrected chi connectivity index (χ1v) is 14.0. The molecule has 2 N–H and O–H groups in total. The second kappa shape index (κ2) is 9.90. The average molecular weight is 579 g/mol. The van der Waals surface area contributed by atoms with E-state index >= 15 is 0 Å². The van der Waals surface area contributed by atoms with E-state index in [1.165, 1.54) is 14.2 Å². The summed E-state index contributed by atoms with van der Waals surface area (Å²) >= 11 is 0. The molecule has 1 aliphatic heterocycles. The molecule has 0 amide bonds. The van der Waals surface area contributed by atoms with E-state index in [4.69, 9.17) is 23.4 Å². The van der Waals surface area contributed by atoms with Crippen LogP contribution in [-0.4, -0.2) is 43.4 Å². The zero-order valence-corrected chi connectivity index (χ0v) is 23.8. The lowest BCUT2D eigenvalue weighted by atomic mass is 9.70. The molecule has 7 rings (SSSR count). The summed E-state index contributed by atoms with van der Waals surface area (Å²) in [6.07, 6.45) is -1.64. The highest BCUT2D eigenvalue weighted by atomic mass is 16.5. The number of ketones is 1. The Balaban J connectivity index is 1.53. The minimum absolute atomic E-state index is 0.0848. The van der Waals surface area contributed by atoms with Crippen molar-refractivity contribution in [3.05, 3.63) is 120 Å². The minimum atomic E-state index is -2.14. The molecule has 8 nitrogen and oxygen atoms in total. The van der Waals surface area contributed by atoms with Gasteiger partial charge in [-0.1, -0.05) is 60.7 Å². The SMILES string of the molecule is COc1ccc([C@@]23Oc4cc(OC)cc(OC)c4[C@]2(O)[C@H](O)[C@H](C(=O)c2cc4ccccc4o2)[C@H]3c2ccccc2)cc1. The maximum Gasteiger partial charge on any atom is 0.204 e. The van der Waals surface area contributed by atoms with Gasteiger partial charge in [0, 0.05) is 23.4 Å². The van der Waals surface area contributed by atoms with Crippen molar-refractivity contribution in [2.45, 2.75) is 23.2 Å². The number of aliphatic hydroxyl groups excluding tert-OH is 1. The third-order valence-electron chi connectivity index (χ3n) is 8.93. The molecule has 1 saturated carbocycles. The lowest BCUT2D eigenvalue weighted by Gasteiger charge is -2.40. The molecule has 2 aliphatic rings. The second-order valence-electron chi connectivity index (χ2n) is 10.9. The van der Waals surface area contributed by atoms with E-state index in [9.17, 15) is 15.0 Å². The van der Waals surface area contributed by atoms with Crippen LogP contribution < -0.4 is 18.9 Å². The molecule has 0 radical (unpaired) electrons. The molecule has 5 atom stereocenters. The van der Waals surface area contributed by atoms with Crippen LogP contribution in [0, 0.1) is 5.92 Å². The summed E-state index contributed by atoms with van der Waals surface area (Å²) in [5, 5.41) is 26.2. The summed E-state index contributed by atoms with van der Waals surface area (Å²) in [6, 6.07) is 28.7. The van der Waals surface area contributed by atoms with E-state index in [-0.39, 0.29) is 22.8 Å². The first-order chi connectivity index (χ1) is 20.9. The van der Waals surface area contributed by atoms with Crippen molar-refractivity contribution in [1.29, 1.82) is 0 Å². The second-order valence-corrected chi connectivity index (χ2v) is 10.9. The predicted molar refractivity (Wildman–Crippen MR) is 158 cm³/mol. The van der Waals surface area contributed by atoms with Gasteiger partial charge >= 0.3 is 0 Å². The third kappa shape index (κ3) is 3.66. The Hall–Kier alpha value is -4.79. The number of benzene rings is 4. The number of fused-ring (bicyclic) bond motifs is 4. The van der Waals surface area contributed by atoms with Crippen LogP contribution >= 0.6 is 0 Å². The Bertz CT molecular complexity index is 1800. The lowest BCUT2D eigenvalue weighted by molar-refractivity contribution is -0.151. The summed E-state index contributed by atoms with van der Waals surface area (Å²) in [6.45, 7) is 0. The van der Waals surface area contributed by atoms with Crippen LogP contribution in [0.2, 0.25) is 0 Å². The van der Waals surface area contributed by atoms with Crippen LogP contribution in [-0.2, 0) is 11.2 Å². The molecule has 4 aromatic carbocycles. The molecule has 1 aromatic heterocycles. The number of carbonyl (C=O) groups is 1. The van der Waals surface area contributed by atoms with Crippen LogP contribution in [0.25, 0.3) is 11.0 Å². The van der Waals surface area contributed by atoms with Crippen molar-refractivity contribution in [1.82, 2.24) is 0 Å². The Morgan fingerprint density at radius 3 is 2.19 bits per heavy atom. The summed E-state index contributed by atoms with van der Waals surface area (Å²) in [5.74, 6) is -0.819. The zero-order chi connectivity index (χ0) is 29.9. The highest BCUT2D eigenvalue weighted by Gasteiger charge is 2.78. The van der Waals surface area contributed by atoms with Crippen LogP contribution in [0.5, 0.6) is 23.0 Å². The summed E-state index contributed by atoms with van der Waals surface area (Å²) < 4.78 is 29.6. The lowest BCUT2D eigenvalue weighted by Crippen LogP contribution is -2.52. The fourth-order valence-electron chi connectivity index (χ4n) is 7.06. The standard InChI is InChI=1S/C35H30O8/c1-39-23-15-13-22(14-16-23)35-30(20-9-5-4-6-10-20)29(32(36)28-17-21-11-7-8-12-25(21)42-28)33(37)34(35,38)31-26(41-3)18-24(40-2)19-27(31)43-35/h4-19,29-30,33,37-38H,1-3H3/t29-,30+,33+,34-,35-/m0/s1. The minimum Gasteiger partial charge on any atom is -0.497 e. The van der Waals surface area contributed by atoms with Crippen molar-refractivity contribution in [2.75, 3.05) is 21.3 Å². The van der Waals surface area contributed by atoms with Gasteiger partial charge in [0.25, 0.3) is 0 Å². The zero-order valence-electron chi connectivity index (χ0n) is 23.8. The fourth-order valence-corrected chi connectivity index (χ4v) is 7.06. The van der Waals surface area contributed by atoms with Crippen molar-refractivity contribution < 1.29 is 38.4 Å². The molecule has 218 valence electrons. The molecule has 0 spiro atoms. The molecular weight excluding hydrogens is 548 g/mol.